The molecule has 0 radical (unpaired) electrons. The fraction of sp³-hybridized carbons (Fsp3) is 0.188. The summed E-state index contributed by atoms with van der Waals surface area (Å²) in [6, 6.07) is 34.5. The molecule has 0 aliphatic carbocycles. The minimum absolute atomic E-state index is 0.382. The second-order valence-corrected chi connectivity index (χ2v) is 11.0. The number of rotatable bonds is 3. The topological polar surface area (TPSA) is 28.3 Å². The summed E-state index contributed by atoms with van der Waals surface area (Å²) >= 11 is 0. The summed E-state index contributed by atoms with van der Waals surface area (Å²) in [6.07, 6.45) is 2.16. The Kier molecular flexibility index (Phi) is 4.75. The molecule has 37 heavy (non-hydrogen) atoms. The van der Waals surface area contributed by atoms with Gasteiger partial charge >= 0.3 is 7.12 Å². The zero-order valence-electron chi connectivity index (χ0n) is 21.6. The van der Waals surface area contributed by atoms with Crippen LogP contribution in [0.5, 0.6) is 0 Å². The summed E-state index contributed by atoms with van der Waals surface area (Å²) in [7, 11) is -0.401. The van der Waals surface area contributed by atoms with Gasteiger partial charge in [-0.3, -0.25) is 0 Å². The van der Waals surface area contributed by atoms with Crippen LogP contribution in [0.15, 0.2) is 103 Å². The average molecular weight is 484 g/mol. The molecule has 4 nitrogen and oxygen atoms in total. The molecule has 5 heteroatoms. The largest absolute Gasteiger partial charge is 0.494 e. The van der Waals surface area contributed by atoms with E-state index in [-0.39, 0.29) is 11.2 Å². The molecule has 0 spiro atoms. The van der Waals surface area contributed by atoms with Crippen molar-refractivity contribution in [1.82, 2.24) is 9.13 Å². The lowest BCUT2D eigenvalue weighted by atomic mass is 9.78. The predicted octanol–water partition coefficient (Wildman–Crippen LogP) is 7.03. The van der Waals surface area contributed by atoms with Gasteiger partial charge in [-0.2, -0.15) is 0 Å². The van der Waals surface area contributed by atoms with Crippen molar-refractivity contribution >= 4 is 45.3 Å². The van der Waals surface area contributed by atoms with Gasteiger partial charge in [-0.15, -0.1) is 0 Å². The van der Waals surface area contributed by atoms with Crippen molar-refractivity contribution < 1.29 is 9.31 Å². The number of benzene rings is 4. The molecule has 0 bridgehead atoms. The summed E-state index contributed by atoms with van der Waals surface area (Å²) < 4.78 is 17.4. The lowest BCUT2D eigenvalue weighted by Crippen LogP contribution is -2.41. The van der Waals surface area contributed by atoms with E-state index in [9.17, 15) is 0 Å². The van der Waals surface area contributed by atoms with Crippen LogP contribution in [-0.2, 0) is 9.31 Å². The zero-order chi connectivity index (χ0) is 25.4. The van der Waals surface area contributed by atoms with Gasteiger partial charge in [0.05, 0.1) is 27.8 Å². The molecule has 4 aromatic carbocycles. The molecule has 1 fully saturated rings. The summed E-state index contributed by atoms with van der Waals surface area (Å²) in [4.78, 5) is 0. The first-order valence-electron chi connectivity index (χ1n) is 12.9. The van der Waals surface area contributed by atoms with Gasteiger partial charge in [-0.1, -0.05) is 48.5 Å². The molecular weight excluding hydrogens is 455 g/mol. The standard InChI is InChI=1S/C32H29BN2O2/c1-31(2)32(3,4)37-33(36-31)23-15-16-28-26(20-23)27-21-29-22(17-18-34(29)24-11-7-5-8-12-24)19-30(27)35(28)25-13-9-6-10-14-25/h5-21H,1-4H3. The summed E-state index contributed by atoms with van der Waals surface area (Å²) in [5.74, 6) is 0. The maximum Gasteiger partial charge on any atom is 0.494 e. The molecule has 0 saturated carbocycles. The van der Waals surface area contributed by atoms with Crippen LogP contribution in [0, 0.1) is 0 Å². The Bertz CT molecular complexity index is 1770. The van der Waals surface area contributed by atoms with Crippen molar-refractivity contribution in [2.75, 3.05) is 0 Å². The van der Waals surface area contributed by atoms with E-state index in [1.807, 2.05) is 0 Å². The zero-order valence-corrected chi connectivity index (χ0v) is 21.6. The van der Waals surface area contributed by atoms with Gasteiger partial charge in [0.2, 0.25) is 0 Å². The SMILES string of the molecule is CC1(C)OB(c2ccc3c(c2)c2cc4c(ccn4-c4ccccc4)cc2n3-c2ccccc2)OC1(C)C. The van der Waals surface area contributed by atoms with Crippen LogP contribution >= 0.6 is 0 Å². The van der Waals surface area contributed by atoms with Gasteiger partial charge in [-0.05, 0) is 81.7 Å². The van der Waals surface area contributed by atoms with E-state index in [0.717, 1.165) is 16.8 Å². The van der Waals surface area contributed by atoms with E-state index in [2.05, 4.69) is 140 Å². The van der Waals surface area contributed by atoms with E-state index in [1.54, 1.807) is 0 Å². The molecule has 1 saturated heterocycles. The Hall–Kier alpha value is -3.80. The molecule has 2 aromatic heterocycles. The Morgan fingerprint density at radius 1 is 0.595 bits per heavy atom. The quantitative estimate of drug-likeness (QED) is 0.253. The van der Waals surface area contributed by atoms with Crippen molar-refractivity contribution in [3.05, 3.63) is 103 Å². The average Bonchev–Trinajstić information content (AvgIpc) is 3.52. The molecule has 182 valence electrons. The highest BCUT2D eigenvalue weighted by molar-refractivity contribution is 6.62. The highest BCUT2D eigenvalue weighted by atomic mass is 16.7. The molecule has 0 N–H and O–H groups in total. The number of para-hydroxylation sites is 2. The minimum Gasteiger partial charge on any atom is -0.399 e. The molecule has 3 heterocycles. The van der Waals surface area contributed by atoms with E-state index in [0.29, 0.717) is 0 Å². The van der Waals surface area contributed by atoms with Gasteiger partial charge in [0.25, 0.3) is 0 Å². The van der Waals surface area contributed by atoms with Crippen molar-refractivity contribution in [3.63, 3.8) is 0 Å². The lowest BCUT2D eigenvalue weighted by molar-refractivity contribution is 0.00578. The van der Waals surface area contributed by atoms with Crippen LogP contribution in [0.4, 0.5) is 0 Å². The summed E-state index contributed by atoms with van der Waals surface area (Å²) in [6.45, 7) is 8.39. The third kappa shape index (κ3) is 3.38. The number of hydrogen-bond donors (Lipinski definition) is 0. The van der Waals surface area contributed by atoms with Crippen LogP contribution in [0.25, 0.3) is 44.1 Å². The third-order valence-electron chi connectivity index (χ3n) is 8.17. The van der Waals surface area contributed by atoms with Crippen molar-refractivity contribution in [2.45, 2.75) is 38.9 Å². The van der Waals surface area contributed by atoms with Gasteiger partial charge in [-0.25, -0.2) is 0 Å². The first-order valence-corrected chi connectivity index (χ1v) is 12.9. The maximum atomic E-state index is 6.40. The summed E-state index contributed by atoms with van der Waals surface area (Å²) in [5.41, 5.74) is 6.12. The van der Waals surface area contributed by atoms with E-state index < -0.39 is 7.12 Å². The smallest absolute Gasteiger partial charge is 0.399 e. The molecule has 1 aliphatic heterocycles. The van der Waals surface area contributed by atoms with Crippen molar-refractivity contribution in [1.29, 1.82) is 0 Å². The third-order valence-corrected chi connectivity index (χ3v) is 8.17. The Labute approximate surface area is 217 Å². The number of aromatic nitrogens is 2. The van der Waals surface area contributed by atoms with Crippen molar-refractivity contribution in [3.8, 4) is 11.4 Å². The molecule has 1 aliphatic rings. The van der Waals surface area contributed by atoms with E-state index in [4.69, 9.17) is 9.31 Å². The monoisotopic (exact) mass is 484 g/mol. The van der Waals surface area contributed by atoms with Crippen LogP contribution in [-0.4, -0.2) is 27.5 Å². The van der Waals surface area contributed by atoms with Gasteiger partial charge in [0.15, 0.2) is 0 Å². The van der Waals surface area contributed by atoms with Crippen molar-refractivity contribution in [2.24, 2.45) is 0 Å². The molecule has 0 atom stereocenters. The fourth-order valence-electron chi connectivity index (χ4n) is 5.46. The Morgan fingerprint density at radius 3 is 1.89 bits per heavy atom. The molecule has 0 unspecified atom stereocenters. The van der Waals surface area contributed by atoms with Crippen LogP contribution < -0.4 is 5.46 Å². The second kappa shape index (κ2) is 7.85. The molecule has 6 aromatic rings. The number of nitrogens with zero attached hydrogens (tertiary/aromatic N) is 2. The molecule has 7 rings (SSSR count). The number of fused-ring (bicyclic) bond motifs is 4. The van der Waals surface area contributed by atoms with Crippen LogP contribution in [0.2, 0.25) is 0 Å². The van der Waals surface area contributed by atoms with Gasteiger partial charge in [0, 0.05) is 33.7 Å². The second-order valence-electron chi connectivity index (χ2n) is 11.0. The molecule has 0 amide bonds. The van der Waals surface area contributed by atoms with Crippen LogP contribution in [0.1, 0.15) is 27.7 Å². The van der Waals surface area contributed by atoms with Gasteiger partial charge in [0.1, 0.15) is 0 Å². The highest BCUT2D eigenvalue weighted by Crippen LogP contribution is 2.38. The highest BCUT2D eigenvalue weighted by Gasteiger charge is 2.51. The number of hydrogen-bond acceptors (Lipinski definition) is 2. The minimum atomic E-state index is -0.401. The fourth-order valence-corrected chi connectivity index (χ4v) is 5.46. The van der Waals surface area contributed by atoms with Gasteiger partial charge < -0.3 is 18.4 Å². The summed E-state index contributed by atoms with van der Waals surface area (Å²) in [5, 5.41) is 3.61. The normalized spacial score (nSPS) is 16.8. The van der Waals surface area contributed by atoms with E-state index in [1.165, 1.54) is 32.7 Å². The lowest BCUT2D eigenvalue weighted by Gasteiger charge is -2.32. The predicted molar refractivity (Wildman–Crippen MR) is 153 cm³/mol. The van der Waals surface area contributed by atoms with Crippen LogP contribution in [0.3, 0.4) is 0 Å². The maximum absolute atomic E-state index is 6.40. The Morgan fingerprint density at radius 2 is 1.22 bits per heavy atom. The Balaban J connectivity index is 1.50. The first kappa shape index (κ1) is 22.4. The van der Waals surface area contributed by atoms with E-state index >= 15 is 0 Å². The molecular formula is C32H29BN2O2. The first-order chi connectivity index (χ1) is 17.8.